The fourth-order valence-corrected chi connectivity index (χ4v) is 4.50. The molecule has 0 radical (unpaired) electrons. The van der Waals surface area contributed by atoms with E-state index in [9.17, 15) is 9.90 Å². The molecule has 0 bridgehead atoms. The van der Waals surface area contributed by atoms with Crippen molar-refractivity contribution in [2.45, 2.75) is 77.8 Å². The normalized spacial score (nSPS) is 31.8. The van der Waals surface area contributed by atoms with Gasteiger partial charge < -0.3 is 5.11 Å². The third-order valence-corrected chi connectivity index (χ3v) is 4.94. The first kappa shape index (κ1) is 14.8. The molecule has 0 aromatic rings. The van der Waals surface area contributed by atoms with Gasteiger partial charge in [0.15, 0.2) is 0 Å². The van der Waals surface area contributed by atoms with Crippen LogP contribution in [0.4, 0.5) is 0 Å². The van der Waals surface area contributed by atoms with Gasteiger partial charge in [0.25, 0.3) is 0 Å². The zero-order valence-electron chi connectivity index (χ0n) is 12.7. The van der Waals surface area contributed by atoms with Gasteiger partial charge in [-0.2, -0.15) is 0 Å². The van der Waals surface area contributed by atoms with E-state index in [1.54, 1.807) is 0 Å². The monoisotopic (exact) mass is 267 g/mol. The molecule has 2 fully saturated rings. The van der Waals surface area contributed by atoms with Gasteiger partial charge in [-0.15, -0.1) is 0 Å². The second-order valence-electron chi connectivity index (χ2n) is 7.57. The van der Waals surface area contributed by atoms with Crippen LogP contribution in [0, 0.1) is 11.3 Å². The van der Waals surface area contributed by atoms with Crippen LogP contribution in [0.1, 0.15) is 65.7 Å². The van der Waals surface area contributed by atoms with Crippen LogP contribution in [0.25, 0.3) is 0 Å². The summed E-state index contributed by atoms with van der Waals surface area (Å²) in [4.78, 5) is 13.5. The molecule has 0 heterocycles. The van der Waals surface area contributed by atoms with Crippen LogP contribution in [0.2, 0.25) is 0 Å². The molecule has 3 nitrogen and oxygen atoms in total. The van der Waals surface area contributed by atoms with Crippen molar-refractivity contribution in [3.8, 4) is 0 Å². The highest BCUT2D eigenvalue weighted by atomic mass is 16.4. The molecule has 19 heavy (non-hydrogen) atoms. The quantitative estimate of drug-likeness (QED) is 0.847. The summed E-state index contributed by atoms with van der Waals surface area (Å²) in [6, 6.07) is 0.986. The van der Waals surface area contributed by atoms with Crippen molar-refractivity contribution in [2.24, 2.45) is 11.3 Å². The van der Waals surface area contributed by atoms with E-state index in [0.29, 0.717) is 23.4 Å². The summed E-state index contributed by atoms with van der Waals surface area (Å²) in [6.07, 6.45) is 8.53. The molecule has 2 saturated carbocycles. The third-order valence-electron chi connectivity index (χ3n) is 4.94. The molecule has 0 aromatic heterocycles. The molecular weight excluding hydrogens is 238 g/mol. The minimum absolute atomic E-state index is 0.234. The fraction of sp³-hybridized carbons (Fsp3) is 0.938. The van der Waals surface area contributed by atoms with Crippen molar-refractivity contribution in [3.63, 3.8) is 0 Å². The van der Waals surface area contributed by atoms with Crippen LogP contribution in [-0.4, -0.2) is 34.6 Å². The molecule has 2 unspecified atom stereocenters. The molecule has 1 N–H and O–H groups in total. The maximum Gasteiger partial charge on any atom is 0.317 e. The molecule has 2 rings (SSSR count). The number of carboxylic acids is 1. The summed E-state index contributed by atoms with van der Waals surface area (Å²) in [6.45, 7) is 7.23. The molecule has 0 aliphatic heterocycles. The van der Waals surface area contributed by atoms with E-state index in [-0.39, 0.29) is 6.54 Å². The number of aliphatic carboxylic acids is 1. The van der Waals surface area contributed by atoms with Crippen LogP contribution in [0.15, 0.2) is 0 Å². The Morgan fingerprint density at radius 2 is 1.84 bits per heavy atom. The first-order chi connectivity index (χ1) is 8.87. The lowest BCUT2D eigenvalue weighted by Gasteiger charge is -2.45. The Kier molecular flexibility index (Phi) is 4.54. The zero-order chi connectivity index (χ0) is 14.0. The van der Waals surface area contributed by atoms with Crippen LogP contribution in [-0.2, 0) is 4.79 Å². The smallest absolute Gasteiger partial charge is 0.317 e. The second kappa shape index (κ2) is 5.82. The van der Waals surface area contributed by atoms with Crippen molar-refractivity contribution >= 4 is 5.97 Å². The Morgan fingerprint density at radius 1 is 1.21 bits per heavy atom. The predicted octanol–water partition coefficient (Wildman–Crippen LogP) is 3.53. The summed E-state index contributed by atoms with van der Waals surface area (Å²) < 4.78 is 0. The molecule has 2 aliphatic rings. The van der Waals surface area contributed by atoms with Crippen LogP contribution >= 0.6 is 0 Å². The summed E-state index contributed by atoms with van der Waals surface area (Å²) in [5.41, 5.74) is 0.359. The minimum atomic E-state index is -0.664. The molecular formula is C16H29NO2. The second-order valence-corrected chi connectivity index (χ2v) is 7.57. The van der Waals surface area contributed by atoms with Gasteiger partial charge in [-0.1, -0.05) is 33.6 Å². The van der Waals surface area contributed by atoms with Gasteiger partial charge in [-0.3, -0.25) is 9.69 Å². The largest absolute Gasteiger partial charge is 0.480 e. The summed E-state index contributed by atoms with van der Waals surface area (Å²) in [5.74, 6) is 0.0504. The van der Waals surface area contributed by atoms with Gasteiger partial charge in [0.2, 0.25) is 0 Å². The number of hydrogen-bond acceptors (Lipinski definition) is 2. The maximum atomic E-state index is 11.2. The first-order valence-electron chi connectivity index (χ1n) is 7.85. The molecule has 0 amide bonds. The molecule has 0 aromatic carbocycles. The summed E-state index contributed by atoms with van der Waals surface area (Å²) >= 11 is 0. The van der Waals surface area contributed by atoms with Crippen molar-refractivity contribution < 1.29 is 9.90 Å². The third kappa shape index (κ3) is 3.95. The summed E-state index contributed by atoms with van der Waals surface area (Å²) in [7, 11) is 0. The van der Waals surface area contributed by atoms with E-state index in [2.05, 4.69) is 25.7 Å². The van der Waals surface area contributed by atoms with Crippen LogP contribution < -0.4 is 0 Å². The highest BCUT2D eigenvalue weighted by Gasteiger charge is 2.38. The average Bonchev–Trinajstić information content (AvgIpc) is 2.75. The minimum Gasteiger partial charge on any atom is -0.480 e. The van der Waals surface area contributed by atoms with Gasteiger partial charge >= 0.3 is 5.97 Å². The predicted molar refractivity (Wildman–Crippen MR) is 77.2 cm³/mol. The van der Waals surface area contributed by atoms with Crippen molar-refractivity contribution in [2.75, 3.05) is 6.54 Å². The molecule has 110 valence electrons. The molecule has 0 spiro atoms. The number of rotatable bonds is 4. The number of carboxylic acid groups (broad SMARTS) is 1. The Labute approximate surface area is 117 Å². The Balaban J connectivity index is 2.09. The fourth-order valence-electron chi connectivity index (χ4n) is 4.50. The van der Waals surface area contributed by atoms with Gasteiger partial charge in [-0.05, 0) is 43.4 Å². The van der Waals surface area contributed by atoms with Gasteiger partial charge in [0, 0.05) is 12.1 Å². The SMILES string of the molecule is CC1CC(N(CC(=O)O)C2CCCC2)CC(C)(C)C1. The van der Waals surface area contributed by atoms with Crippen LogP contribution in [0.3, 0.4) is 0 Å². The Bertz CT molecular complexity index is 321. The van der Waals surface area contributed by atoms with Crippen molar-refractivity contribution in [3.05, 3.63) is 0 Å². The highest BCUT2D eigenvalue weighted by molar-refractivity contribution is 5.69. The number of carbonyl (C=O) groups is 1. The first-order valence-corrected chi connectivity index (χ1v) is 7.85. The standard InChI is InChI=1S/C16H29NO2/c1-12-8-14(10-16(2,3)9-12)17(11-15(18)19)13-6-4-5-7-13/h12-14H,4-11H2,1-3H3,(H,18,19). The topological polar surface area (TPSA) is 40.5 Å². The zero-order valence-corrected chi connectivity index (χ0v) is 12.7. The van der Waals surface area contributed by atoms with E-state index in [1.165, 1.54) is 38.5 Å². The average molecular weight is 267 g/mol. The van der Waals surface area contributed by atoms with Crippen molar-refractivity contribution in [1.82, 2.24) is 4.90 Å². The Hall–Kier alpha value is -0.570. The van der Waals surface area contributed by atoms with Crippen molar-refractivity contribution in [1.29, 1.82) is 0 Å². The van der Waals surface area contributed by atoms with E-state index in [1.807, 2.05) is 0 Å². The lowest BCUT2D eigenvalue weighted by atomic mass is 9.70. The van der Waals surface area contributed by atoms with Gasteiger partial charge in [0.05, 0.1) is 6.54 Å². The number of nitrogens with zero attached hydrogens (tertiary/aromatic N) is 1. The molecule has 2 atom stereocenters. The number of hydrogen-bond donors (Lipinski definition) is 1. The van der Waals surface area contributed by atoms with E-state index in [0.717, 1.165) is 6.42 Å². The van der Waals surface area contributed by atoms with Gasteiger partial charge in [-0.25, -0.2) is 0 Å². The lowest BCUT2D eigenvalue weighted by Crippen LogP contribution is -2.49. The lowest BCUT2D eigenvalue weighted by molar-refractivity contribution is -0.140. The molecule has 3 heteroatoms. The van der Waals surface area contributed by atoms with Crippen LogP contribution in [0.5, 0.6) is 0 Å². The van der Waals surface area contributed by atoms with E-state index in [4.69, 9.17) is 0 Å². The summed E-state index contributed by atoms with van der Waals surface area (Å²) in [5, 5.41) is 9.23. The maximum absolute atomic E-state index is 11.2. The highest BCUT2D eigenvalue weighted by Crippen LogP contribution is 2.42. The van der Waals surface area contributed by atoms with Gasteiger partial charge in [0.1, 0.15) is 0 Å². The van der Waals surface area contributed by atoms with E-state index < -0.39 is 5.97 Å². The molecule has 0 saturated heterocycles. The van der Waals surface area contributed by atoms with E-state index >= 15 is 0 Å². The Morgan fingerprint density at radius 3 is 2.37 bits per heavy atom. The molecule has 2 aliphatic carbocycles.